The molecule has 2 heterocycles. The first kappa shape index (κ1) is 12.8. The van der Waals surface area contributed by atoms with Crippen LogP contribution in [0.2, 0.25) is 10.6 Å². The van der Waals surface area contributed by atoms with Gasteiger partial charge in [-0.05, 0) is 49.1 Å². The molecule has 0 bridgehead atoms. The molecule has 1 atom stereocenters. The van der Waals surface area contributed by atoms with Crippen molar-refractivity contribution in [1.29, 1.82) is 0 Å². The Kier molecular flexibility index (Phi) is 4.01. The molecule has 7 heteroatoms. The van der Waals surface area contributed by atoms with Crippen LogP contribution < -0.4 is 4.90 Å². The minimum absolute atomic E-state index is 0.135. The average molecular weight is 276 g/mol. The van der Waals surface area contributed by atoms with Crippen LogP contribution in [0, 0.1) is 5.92 Å². The van der Waals surface area contributed by atoms with Gasteiger partial charge in [0.2, 0.25) is 16.5 Å². The summed E-state index contributed by atoms with van der Waals surface area (Å²) in [5, 5.41) is 0.269. The van der Waals surface area contributed by atoms with Gasteiger partial charge in [-0.15, -0.1) is 0 Å². The minimum Gasteiger partial charge on any atom is -0.343 e. The van der Waals surface area contributed by atoms with E-state index in [0.717, 1.165) is 19.6 Å². The lowest BCUT2D eigenvalue weighted by atomic mass is 10.1. The fourth-order valence-electron chi connectivity index (χ4n) is 2.13. The fourth-order valence-corrected chi connectivity index (χ4v) is 2.49. The van der Waals surface area contributed by atoms with Crippen molar-refractivity contribution in [3.05, 3.63) is 10.6 Å². The summed E-state index contributed by atoms with van der Waals surface area (Å²) in [5.41, 5.74) is 0. The van der Waals surface area contributed by atoms with Gasteiger partial charge in [-0.2, -0.15) is 15.0 Å². The van der Waals surface area contributed by atoms with Crippen molar-refractivity contribution < 1.29 is 0 Å². The second kappa shape index (κ2) is 5.33. The van der Waals surface area contributed by atoms with Gasteiger partial charge in [-0.3, -0.25) is 0 Å². The molecule has 5 nitrogen and oxygen atoms in total. The molecule has 1 fully saturated rings. The van der Waals surface area contributed by atoms with Crippen LogP contribution in [0.5, 0.6) is 0 Å². The highest BCUT2D eigenvalue weighted by atomic mass is 35.5. The van der Waals surface area contributed by atoms with Crippen LogP contribution in [-0.2, 0) is 0 Å². The molecule has 94 valence electrons. The summed E-state index contributed by atoms with van der Waals surface area (Å²) in [6, 6.07) is 0. The van der Waals surface area contributed by atoms with Gasteiger partial charge < -0.3 is 9.80 Å². The van der Waals surface area contributed by atoms with E-state index in [2.05, 4.69) is 26.9 Å². The Hall–Kier alpha value is -0.650. The molecule has 17 heavy (non-hydrogen) atoms. The number of anilines is 1. The summed E-state index contributed by atoms with van der Waals surface area (Å²) in [5.74, 6) is 1.17. The van der Waals surface area contributed by atoms with E-state index < -0.39 is 0 Å². The van der Waals surface area contributed by atoms with Crippen LogP contribution >= 0.6 is 23.2 Å². The molecule has 0 N–H and O–H groups in total. The lowest BCUT2D eigenvalue weighted by Crippen LogP contribution is -2.28. The number of hydrogen-bond donors (Lipinski definition) is 0. The molecule has 1 unspecified atom stereocenters. The molecule has 1 aliphatic rings. The summed E-state index contributed by atoms with van der Waals surface area (Å²) in [4.78, 5) is 16.2. The zero-order chi connectivity index (χ0) is 12.4. The highest BCUT2D eigenvalue weighted by Crippen LogP contribution is 2.18. The Balaban J connectivity index is 2.01. The largest absolute Gasteiger partial charge is 0.343 e. The minimum atomic E-state index is 0.135. The summed E-state index contributed by atoms with van der Waals surface area (Å²) < 4.78 is 0. The van der Waals surface area contributed by atoms with Crippen LogP contribution in [0.1, 0.15) is 6.42 Å². The molecular weight excluding hydrogens is 261 g/mol. The van der Waals surface area contributed by atoms with E-state index in [1.165, 1.54) is 6.42 Å². The highest BCUT2D eigenvalue weighted by molar-refractivity contribution is 6.31. The van der Waals surface area contributed by atoms with Gasteiger partial charge in [-0.25, -0.2) is 0 Å². The Morgan fingerprint density at radius 2 is 1.94 bits per heavy atom. The number of hydrogen-bond acceptors (Lipinski definition) is 5. The molecule has 1 aromatic rings. The van der Waals surface area contributed by atoms with Crippen molar-refractivity contribution >= 4 is 29.2 Å². The van der Waals surface area contributed by atoms with E-state index in [1.807, 2.05) is 11.9 Å². The molecule has 1 aliphatic heterocycles. The molecule has 1 aromatic heterocycles. The van der Waals surface area contributed by atoms with Gasteiger partial charge in [0, 0.05) is 20.1 Å². The molecule has 1 saturated heterocycles. The van der Waals surface area contributed by atoms with Crippen molar-refractivity contribution in [3.8, 4) is 0 Å². The third kappa shape index (κ3) is 3.40. The predicted octanol–water partition coefficient (Wildman–Crippen LogP) is 1.57. The van der Waals surface area contributed by atoms with E-state index in [1.54, 1.807) is 0 Å². The van der Waals surface area contributed by atoms with Crippen molar-refractivity contribution in [3.63, 3.8) is 0 Å². The Bertz CT molecular complexity index is 380. The third-order valence-electron chi connectivity index (χ3n) is 2.93. The molecule has 0 spiro atoms. The van der Waals surface area contributed by atoms with Gasteiger partial charge >= 0.3 is 0 Å². The van der Waals surface area contributed by atoms with Gasteiger partial charge in [0.15, 0.2) is 0 Å². The topological polar surface area (TPSA) is 45.2 Å². The quantitative estimate of drug-likeness (QED) is 0.838. The second-order valence-electron chi connectivity index (χ2n) is 4.47. The third-order valence-corrected chi connectivity index (χ3v) is 3.27. The first-order chi connectivity index (χ1) is 8.04. The van der Waals surface area contributed by atoms with Gasteiger partial charge in [-0.1, -0.05) is 0 Å². The maximum Gasteiger partial charge on any atom is 0.230 e. The SMILES string of the molecule is CN1CCC(CN(C)c2nc(Cl)nc(Cl)n2)C1. The van der Waals surface area contributed by atoms with E-state index in [9.17, 15) is 0 Å². The smallest absolute Gasteiger partial charge is 0.230 e. The van der Waals surface area contributed by atoms with Crippen LogP contribution in [0.25, 0.3) is 0 Å². The summed E-state index contributed by atoms with van der Waals surface area (Å²) in [7, 11) is 4.08. The highest BCUT2D eigenvalue weighted by Gasteiger charge is 2.21. The zero-order valence-corrected chi connectivity index (χ0v) is 11.4. The average Bonchev–Trinajstić information content (AvgIpc) is 2.62. The Morgan fingerprint density at radius 3 is 2.47 bits per heavy atom. The lowest BCUT2D eigenvalue weighted by molar-refractivity contribution is 0.395. The van der Waals surface area contributed by atoms with Crippen LogP contribution in [0.4, 0.5) is 5.95 Å². The van der Waals surface area contributed by atoms with E-state index >= 15 is 0 Å². The summed E-state index contributed by atoms with van der Waals surface area (Å²) in [6.07, 6.45) is 1.20. The molecule has 0 radical (unpaired) electrons. The Labute approximate surface area is 111 Å². The maximum atomic E-state index is 5.75. The number of rotatable bonds is 3. The molecule has 0 saturated carbocycles. The van der Waals surface area contributed by atoms with Crippen LogP contribution in [-0.4, -0.2) is 53.6 Å². The normalized spacial score (nSPS) is 20.8. The maximum absolute atomic E-state index is 5.75. The van der Waals surface area contributed by atoms with Crippen molar-refractivity contribution in [2.24, 2.45) is 5.92 Å². The van der Waals surface area contributed by atoms with E-state index in [4.69, 9.17) is 23.2 Å². The monoisotopic (exact) mass is 275 g/mol. The molecular formula is C10H15Cl2N5. The standard InChI is InChI=1S/C10H15Cl2N5/c1-16-4-3-7(5-16)6-17(2)10-14-8(11)13-9(12)15-10/h7H,3-6H2,1-2H3. The number of halogens is 2. The van der Waals surface area contributed by atoms with Gasteiger partial charge in [0.05, 0.1) is 0 Å². The van der Waals surface area contributed by atoms with Crippen molar-refractivity contribution in [2.75, 3.05) is 38.6 Å². The summed E-state index contributed by atoms with van der Waals surface area (Å²) in [6.45, 7) is 3.16. The van der Waals surface area contributed by atoms with Crippen molar-refractivity contribution in [2.45, 2.75) is 6.42 Å². The number of aromatic nitrogens is 3. The molecule has 2 rings (SSSR count). The number of likely N-dealkylation sites (tertiary alicyclic amines) is 1. The molecule has 0 aromatic carbocycles. The van der Waals surface area contributed by atoms with Gasteiger partial charge in [0.25, 0.3) is 0 Å². The van der Waals surface area contributed by atoms with Crippen molar-refractivity contribution in [1.82, 2.24) is 19.9 Å². The number of nitrogens with zero attached hydrogens (tertiary/aromatic N) is 5. The van der Waals surface area contributed by atoms with Gasteiger partial charge in [0.1, 0.15) is 0 Å². The van der Waals surface area contributed by atoms with Crippen LogP contribution in [0.15, 0.2) is 0 Å². The second-order valence-corrected chi connectivity index (χ2v) is 5.15. The summed E-state index contributed by atoms with van der Waals surface area (Å²) >= 11 is 11.5. The molecule has 0 amide bonds. The lowest BCUT2D eigenvalue weighted by Gasteiger charge is -2.20. The first-order valence-electron chi connectivity index (χ1n) is 5.51. The fraction of sp³-hybridized carbons (Fsp3) is 0.700. The van der Waals surface area contributed by atoms with Crippen LogP contribution in [0.3, 0.4) is 0 Å². The van der Waals surface area contributed by atoms with E-state index in [0.29, 0.717) is 11.9 Å². The predicted molar refractivity (Wildman–Crippen MR) is 68.7 cm³/mol. The zero-order valence-electron chi connectivity index (χ0n) is 9.90. The first-order valence-corrected chi connectivity index (χ1v) is 6.27. The van der Waals surface area contributed by atoms with E-state index in [-0.39, 0.29) is 10.6 Å². The molecule has 0 aliphatic carbocycles. The Morgan fingerprint density at radius 1 is 1.29 bits per heavy atom.